The van der Waals surface area contributed by atoms with Crippen molar-refractivity contribution in [1.82, 2.24) is 0 Å². The van der Waals surface area contributed by atoms with Gasteiger partial charge in [-0.15, -0.1) is 49.6 Å². The molecule has 92 valence electrons. The van der Waals surface area contributed by atoms with Gasteiger partial charge >= 0.3 is 5.97 Å². The fraction of sp³-hybridized carbons (Fsp3) is 0.833. The average Bonchev–Trinajstić information content (AvgIpc) is 1.88. The molecule has 0 fully saturated rings. The van der Waals surface area contributed by atoms with Gasteiger partial charge in [-0.3, -0.25) is 4.79 Å². The summed E-state index contributed by atoms with van der Waals surface area (Å²) in [6.07, 6.45) is 2.16. The van der Waals surface area contributed by atoms with Gasteiger partial charge in [0.1, 0.15) is 6.04 Å². The van der Waals surface area contributed by atoms with Crippen molar-refractivity contribution in [3.05, 3.63) is 0 Å². The Morgan fingerprint density at radius 2 is 1.57 bits per heavy atom. The summed E-state index contributed by atoms with van der Waals surface area (Å²) in [5.41, 5.74) is 10.4. The number of rotatable bonds is 5. The maximum Gasteiger partial charge on any atom is 0.320 e. The molecule has 0 aromatic carbocycles. The van der Waals surface area contributed by atoms with Crippen LogP contribution in [-0.2, 0) is 4.79 Å². The third kappa shape index (κ3) is 18.4. The number of aliphatic carboxylic acids is 1. The van der Waals surface area contributed by atoms with Crippen LogP contribution in [0, 0.1) is 0 Å². The quantitative estimate of drug-likeness (QED) is 0.664. The molecule has 0 saturated carbocycles. The molecule has 1 atom stereocenters. The Balaban J connectivity index is -0.0000000675. The monoisotopic (exact) mass is 290 g/mol. The Hall–Kier alpha value is 0.550. The van der Waals surface area contributed by atoms with Crippen LogP contribution in [0.3, 0.4) is 0 Å². The van der Waals surface area contributed by atoms with Crippen molar-refractivity contribution in [2.75, 3.05) is 6.54 Å². The van der Waals surface area contributed by atoms with E-state index in [2.05, 4.69) is 0 Å². The molecule has 0 amide bonds. The Morgan fingerprint density at radius 1 is 1.14 bits per heavy atom. The lowest BCUT2D eigenvalue weighted by Gasteiger charge is -2.03. The highest BCUT2D eigenvalue weighted by Crippen LogP contribution is 1.96. The minimum Gasteiger partial charge on any atom is -0.480 e. The van der Waals surface area contributed by atoms with Crippen molar-refractivity contribution in [3.8, 4) is 0 Å². The summed E-state index contributed by atoms with van der Waals surface area (Å²) in [6.45, 7) is 0.604. The molecule has 0 aliphatic carbocycles. The molecule has 14 heavy (non-hydrogen) atoms. The van der Waals surface area contributed by atoms with E-state index in [4.69, 9.17) is 16.6 Å². The van der Waals surface area contributed by atoms with Crippen LogP contribution in [0.15, 0.2) is 0 Å². The molecule has 0 radical (unpaired) electrons. The minimum absolute atomic E-state index is 0. The highest BCUT2D eigenvalue weighted by atomic mass is 35.5. The maximum atomic E-state index is 10.1. The molecule has 4 nitrogen and oxygen atoms in total. The first-order valence-electron chi connectivity index (χ1n) is 3.37. The van der Waals surface area contributed by atoms with E-state index in [1.54, 1.807) is 0 Å². The van der Waals surface area contributed by atoms with Crippen molar-refractivity contribution in [3.63, 3.8) is 0 Å². The van der Waals surface area contributed by atoms with E-state index in [0.29, 0.717) is 13.0 Å². The highest BCUT2D eigenvalue weighted by molar-refractivity contribution is 5.86. The van der Waals surface area contributed by atoms with Crippen LogP contribution in [0.5, 0.6) is 0 Å². The summed E-state index contributed by atoms with van der Waals surface area (Å²) in [4.78, 5) is 10.1. The van der Waals surface area contributed by atoms with Crippen molar-refractivity contribution in [2.24, 2.45) is 11.5 Å². The molecule has 0 unspecified atom stereocenters. The van der Waals surface area contributed by atoms with Gasteiger partial charge in [0.25, 0.3) is 0 Å². The topological polar surface area (TPSA) is 89.3 Å². The second-order valence-electron chi connectivity index (χ2n) is 2.23. The van der Waals surface area contributed by atoms with Gasteiger partial charge in [-0.1, -0.05) is 6.42 Å². The first-order chi connectivity index (χ1) is 4.68. The Morgan fingerprint density at radius 3 is 1.86 bits per heavy atom. The van der Waals surface area contributed by atoms with Crippen LogP contribution in [0.1, 0.15) is 19.3 Å². The largest absolute Gasteiger partial charge is 0.480 e. The van der Waals surface area contributed by atoms with E-state index in [-0.39, 0.29) is 49.6 Å². The summed E-state index contributed by atoms with van der Waals surface area (Å²) in [6, 6.07) is -0.716. The van der Waals surface area contributed by atoms with Gasteiger partial charge in [0.15, 0.2) is 0 Å². The molecule has 0 rings (SSSR count). The summed E-state index contributed by atoms with van der Waals surface area (Å²) in [5.74, 6) is -0.933. The summed E-state index contributed by atoms with van der Waals surface area (Å²) >= 11 is 0. The molecule has 0 aliphatic heterocycles. The Kier molecular flexibility index (Phi) is 40.1. The lowest BCUT2D eigenvalue weighted by Crippen LogP contribution is -2.29. The first kappa shape index (κ1) is 29.3. The van der Waals surface area contributed by atoms with Gasteiger partial charge in [-0.05, 0) is 19.4 Å². The zero-order chi connectivity index (χ0) is 7.98. The van der Waals surface area contributed by atoms with Crippen molar-refractivity contribution < 1.29 is 9.90 Å². The number of unbranched alkanes of at least 4 members (excludes halogenated alkanes) is 1. The van der Waals surface area contributed by atoms with Crippen LogP contribution in [-0.4, -0.2) is 23.7 Å². The molecule has 8 heteroatoms. The van der Waals surface area contributed by atoms with Gasteiger partial charge in [0.05, 0.1) is 0 Å². The van der Waals surface area contributed by atoms with Gasteiger partial charge < -0.3 is 16.6 Å². The van der Waals surface area contributed by atoms with Crippen molar-refractivity contribution >= 4 is 55.6 Å². The minimum atomic E-state index is -0.933. The molecule has 0 aromatic heterocycles. The summed E-state index contributed by atoms with van der Waals surface area (Å²) in [5, 5.41) is 8.33. The molecule has 0 saturated heterocycles. The van der Waals surface area contributed by atoms with Crippen LogP contribution in [0.25, 0.3) is 0 Å². The molecule has 0 heterocycles. The fourth-order valence-corrected chi connectivity index (χ4v) is 0.632. The predicted molar refractivity (Wildman–Crippen MR) is 67.5 cm³/mol. The normalized spacial score (nSPS) is 9.29. The lowest BCUT2D eigenvalue weighted by molar-refractivity contribution is -0.138. The molecule has 0 aromatic rings. The maximum absolute atomic E-state index is 10.1. The number of halogens is 4. The van der Waals surface area contributed by atoms with Crippen LogP contribution in [0.4, 0.5) is 0 Å². The van der Waals surface area contributed by atoms with Crippen LogP contribution < -0.4 is 11.5 Å². The zero-order valence-corrected chi connectivity index (χ0v) is 10.8. The van der Waals surface area contributed by atoms with Crippen molar-refractivity contribution in [1.29, 1.82) is 0 Å². The predicted octanol–water partition coefficient (Wildman–Crippen LogP) is 1.21. The molecule has 0 aliphatic rings. The van der Waals surface area contributed by atoms with Gasteiger partial charge in [0, 0.05) is 0 Å². The smallest absolute Gasteiger partial charge is 0.320 e. The van der Waals surface area contributed by atoms with E-state index in [0.717, 1.165) is 12.8 Å². The van der Waals surface area contributed by atoms with Crippen LogP contribution >= 0.6 is 49.6 Å². The van der Waals surface area contributed by atoms with E-state index in [1.165, 1.54) is 0 Å². The SMILES string of the molecule is Cl.Cl.Cl.Cl.NCCCC[C@H](N)C(=O)O. The van der Waals surface area contributed by atoms with Crippen molar-refractivity contribution in [2.45, 2.75) is 25.3 Å². The third-order valence-electron chi connectivity index (χ3n) is 1.29. The molecular formula is C6H18Cl4N2O2. The number of carbonyl (C=O) groups is 1. The second kappa shape index (κ2) is 19.2. The molecular weight excluding hydrogens is 274 g/mol. The van der Waals surface area contributed by atoms with Crippen LogP contribution in [0.2, 0.25) is 0 Å². The standard InChI is InChI=1S/C6H14N2O2.4ClH/c7-4-2-1-3-5(8)6(9)10;;;;/h5H,1-4,7-8H2,(H,9,10);4*1H/t5-;;;;/m0..../s1. The van der Waals surface area contributed by atoms with Gasteiger partial charge in [-0.2, -0.15) is 0 Å². The van der Waals surface area contributed by atoms with Gasteiger partial charge in [-0.25, -0.2) is 0 Å². The number of hydrogen-bond acceptors (Lipinski definition) is 3. The third-order valence-corrected chi connectivity index (χ3v) is 1.29. The molecule has 0 spiro atoms. The number of hydrogen-bond donors (Lipinski definition) is 3. The summed E-state index contributed by atoms with van der Waals surface area (Å²) < 4.78 is 0. The zero-order valence-electron chi connectivity index (χ0n) is 7.55. The number of carboxylic acid groups (broad SMARTS) is 1. The fourth-order valence-electron chi connectivity index (χ4n) is 0.632. The van der Waals surface area contributed by atoms with E-state index >= 15 is 0 Å². The van der Waals surface area contributed by atoms with E-state index < -0.39 is 12.0 Å². The first-order valence-corrected chi connectivity index (χ1v) is 3.37. The number of carboxylic acids is 1. The Labute approximate surface area is 109 Å². The average molecular weight is 292 g/mol. The molecule has 5 N–H and O–H groups in total. The summed E-state index contributed by atoms with van der Waals surface area (Å²) in [7, 11) is 0. The lowest BCUT2D eigenvalue weighted by atomic mass is 10.1. The number of nitrogens with two attached hydrogens (primary N) is 2. The molecule has 0 bridgehead atoms. The Bertz CT molecular complexity index is 118. The van der Waals surface area contributed by atoms with Gasteiger partial charge in [0.2, 0.25) is 0 Å². The van der Waals surface area contributed by atoms with E-state index in [1.807, 2.05) is 0 Å². The van der Waals surface area contributed by atoms with E-state index in [9.17, 15) is 4.79 Å². The second-order valence-corrected chi connectivity index (χ2v) is 2.23. The highest BCUT2D eigenvalue weighted by Gasteiger charge is 2.09.